The van der Waals surface area contributed by atoms with Crippen molar-refractivity contribution in [3.05, 3.63) is 40.0 Å². The Morgan fingerprint density at radius 2 is 1.96 bits per heavy atom. The fraction of sp³-hybridized carbons (Fsp3) is 0.500. The lowest BCUT2D eigenvalue weighted by Crippen LogP contribution is -2.16. The van der Waals surface area contributed by atoms with Crippen LogP contribution in [-0.4, -0.2) is 28.1 Å². The van der Waals surface area contributed by atoms with Crippen molar-refractivity contribution < 1.29 is 18.8 Å². The molecular formula is C18H24N2O4. The summed E-state index contributed by atoms with van der Waals surface area (Å²) in [5.41, 5.74) is 3.28. The Morgan fingerprint density at radius 3 is 2.50 bits per heavy atom. The average Bonchev–Trinajstić information content (AvgIpc) is 3.04. The van der Waals surface area contributed by atoms with Crippen molar-refractivity contribution in [2.45, 2.75) is 54.0 Å². The molecule has 0 fully saturated rings. The predicted octanol–water partition coefficient (Wildman–Crippen LogP) is 3.58. The number of hydrogen-bond acceptors (Lipinski definition) is 5. The minimum atomic E-state index is -0.574. The third-order valence-electron chi connectivity index (χ3n) is 4.14. The van der Waals surface area contributed by atoms with E-state index >= 15 is 0 Å². The molecule has 0 aliphatic heterocycles. The second-order valence-electron chi connectivity index (χ2n) is 6.19. The zero-order valence-corrected chi connectivity index (χ0v) is 15.1. The van der Waals surface area contributed by atoms with Gasteiger partial charge in [-0.3, -0.25) is 4.79 Å². The van der Waals surface area contributed by atoms with Crippen molar-refractivity contribution in [2.75, 3.05) is 6.61 Å². The molecule has 0 unspecified atom stereocenters. The van der Waals surface area contributed by atoms with Gasteiger partial charge in [-0.05, 0) is 33.8 Å². The number of nitrogens with zero attached hydrogens (tertiary/aromatic N) is 2. The van der Waals surface area contributed by atoms with Gasteiger partial charge in [-0.15, -0.1) is 0 Å². The molecule has 0 saturated carbocycles. The summed E-state index contributed by atoms with van der Waals surface area (Å²) in [7, 11) is 0. The van der Waals surface area contributed by atoms with E-state index in [1.807, 2.05) is 40.7 Å². The molecule has 0 bridgehead atoms. The molecule has 2 aromatic heterocycles. The van der Waals surface area contributed by atoms with Gasteiger partial charge in [0.1, 0.15) is 5.56 Å². The Morgan fingerprint density at radius 1 is 1.29 bits per heavy atom. The number of rotatable bonds is 6. The van der Waals surface area contributed by atoms with Crippen LogP contribution in [0, 0.1) is 20.8 Å². The zero-order valence-electron chi connectivity index (χ0n) is 15.1. The average molecular weight is 332 g/mol. The van der Waals surface area contributed by atoms with Crippen molar-refractivity contribution in [3.63, 3.8) is 0 Å². The summed E-state index contributed by atoms with van der Waals surface area (Å²) in [5, 5.41) is 3.82. The second kappa shape index (κ2) is 7.03. The molecule has 0 aliphatic rings. The highest BCUT2D eigenvalue weighted by atomic mass is 16.5. The molecule has 2 heterocycles. The predicted molar refractivity (Wildman–Crippen MR) is 89.5 cm³/mol. The van der Waals surface area contributed by atoms with E-state index in [-0.39, 0.29) is 18.3 Å². The molecule has 6 nitrogen and oxygen atoms in total. The molecule has 6 heteroatoms. The monoisotopic (exact) mass is 332 g/mol. The van der Waals surface area contributed by atoms with Gasteiger partial charge in [-0.2, -0.15) is 0 Å². The molecule has 0 aliphatic carbocycles. The number of esters is 1. The lowest BCUT2D eigenvalue weighted by molar-refractivity contribution is 0.0471. The first kappa shape index (κ1) is 18.0. The number of aryl methyl sites for hydroxylation is 2. The van der Waals surface area contributed by atoms with Gasteiger partial charge in [-0.25, -0.2) is 4.79 Å². The molecule has 0 saturated heterocycles. The molecule has 2 rings (SSSR count). The van der Waals surface area contributed by atoms with E-state index in [2.05, 4.69) is 9.72 Å². The highest BCUT2D eigenvalue weighted by molar-refractivity contribution is 6.00. The number of carbonyl (C=O) groups is 2. The Hall–Kier alpha value is -2.37. The van der Waals surface area contributed by atoms with Crippen LogP contribution >= 0.6 is 0 Å². The van der Waals surface area contributed by atoms with Crippen LogP contribution in [0.1, 0.15) is 70.2 Å². The van der Waals surface area contributed by atoms with E-state index in [4.69, 9.17) is 9.26 Å². The van der Waals surface area contributed by atoms with Gasteiger partial charge in [0.25, 0.3) is 0 Å². The summed E-state index contributed by atoms with van der Waals surface area (Å²) in [6.07, 6.45) is 0. The van der Waals surface area contributed by atoms with Crippen LogP contribution < -0.4 is 0 Å². The molecule has 0 aromatic carbocycles. The molecule has 0 radical (unpaired) electrons. The van der Waals surface area contributed by atoms with E-state index in [9.17, 15) is 9.59 Å². The van der Waals surface area contributed by atoms with E-state index in [0.717, 1.165) is 17.9 Å². The van der Waals surface area contributed by atoms with Gasteiger partial charge < -0.3 is 13.8 Å². The Kier molecular flexibility index (Phi) is 5.26. The molecule has 24 heavy (non-hydrogen) atoms. The zero-order chi connectivity index (χ0) is 18.0. The van der Waals surface area contributed by atoms with Crippen molar-refractivity contribution in [1.29, 1.82) is 0 Å². The first-order valence-electron chi connectivity index (χ1n) is 8.11. The summed E-state index contributed by atoms with van der Waals surface area (Å²) in [6.45, 7) is 11.9. The maximum atomic E-state index is 12.4. The first-order chi connectivity index (χ1) is 11.3. The third kappa shape index (κ3) is 3.27. The van der Waals surface area contributed by atoms with Crippen LogP contribution in [-0.2, 0) is 11.3 Å². The third-order valence-corrected chi connectivity index (χ3v) is 4.14. The summed E-state index contributed by atoms with van der Waals surface area (Å²) in [4.78, 5) is 24.7. The Labute approximate surface area is 141 Å². The summed E-state index contributed by atoms with van der Waals surface area (Å²) in [6, 6.07) is 1.83. The summed E-state index contributed by atoms with van der Waals surface area (Å²) >= 11 is 0. The highest BCUT2D eigenvalue weighted by Gasteiger charge is 2.25. The molecule has 130 valence electrons. The number of Topliss-reactive ketones (excluding diaryl/α,β-unsaturated/α-hetero) is 1. The van der Waals surface area contributed by atoms with Crippen molar-refractivity contribution in [1.82, 2.24) is 9.72 Å². The van der Waals surface area contributed by atoms with Gasteiger partial charge in [0.05, 0.1) is 5.69 Å². The minimum Gasteiger partial charge on any atom is -0.454 e. The lowest BCUT2D eigenvalue weighted by Gasteiger charge is -2.07. The maximum Gasteiger partial charge on any atom is 0.344 e. The number of ketones is 1. The van der Waals surface area contributed by atoms with Crippen LogP contribution in [0.5, 0.6) is 0 Å². The van der Waals surface area contributed by atoms with Crippen LogP contribution in [0.3, 0.4) is 0 Å². The van der Waals surface area contributed by atoms with Crippen molar-refractivity contribution in [3.8, 4) is 0 Å². The van der Waals surface area contributed by atoms with E-state index in [1.165, 1.54) is 0 Å². The van der Waals surface area contributed by atoms with Gasteiger partial charge >= 0.3 is 5.97 Å². The molecule has 0 atom stereocenters. The smallest absolute Gasteiger partial charge is 0.344 e. The molecule has 0 spiro atoms. The van der Waals surface area contributed by atoms with Gasteiger partial charge in [0.15, 0.2) is 12.4 Å². The lowest BCUT2D eigenvalue weighted by atomic mass is 10.1. The summed E-state index contributed by atoms with van der Waals surface area (Å²) < 4.78 is 12.4. The Bertz CT molecular complexity index is 768. The standard InChI is InChI=1S/C18H24N2O4/c1-7-20-11(4)8-14(13(20)6)15(21)9-23-18(22)16-12(5)19-24-17(16)10(2)3/h8,10H,7,9H2,1-6H3. The molecule has 0 N–H and O–H groups in total. The molecular weight excluding hydrogens is 308 g/mol. The van der Waals surface area contributed by atoms with E-state index < -0.39 is 5.97 Å². The number of carbonyl (C=O) groups excluding carboxylic acids is 2. The Balaban J connectivity index is 2.13. The van der Waals surface area contributed by atoms with Crippen molar-refractivity contribution in [2.24, 2.45) is 0 Å². The fourth-order valence-electron chi connectivity index (χ4n) is 2.88. The topological polar surface area (TPSA) is 74.3 Å². The number of aromatic nitrogens is 2. The van der Waals surface area contributed by atoms with E-state index in [1.54, 1.807) is 6.92 Å². The first-order valence-corrected chi connectivity index (χ1v) is 8.11. The largest absolute Gasteiger partial charge is 0.454 e. The quantitative estimate of drug-likeness (QED) is 0.597. The van der Waals surface area contributed by atoms with Gasteiger partial charge in [0.2, 0.25) is 5.78 Å². The van der Waals surface area contributed by atoms with Crippen LogP contribution in [0.15, 0.2) is 10.6 Å². The number of ether oxygens (including phenoxy) is 1. The van der Waals surface area contributed by atoms with Crippen molar-refractivity contribution >= 4 is 11.8 Å². The minimum absolute atomic E-state index is 0.00734. The van der Waals surface area contributed by atoms with Crippen LogP contribution in [0.25, 0.3) is 0 Å². The normalized spacial score (nSPS) is 11.1. The highest BCUT2D eigenvalue weighted by Crippen LogP contribution is 2.23. The van der Waals surface area contributed by atoms with E-state index in [0.29, 0.717) is 22.6 Å². The maximum absolute atomic E-state index is 12.4. The molecule has 2 aromatic rings. The molecule has 0 amide bonds. The number of hydrogen-bond donors (Lipinski definition) is 0. The fourth-order valence-corrected chi connectivity index (χ4v) is 2.88. The van der Waals surface area contributed by atoms with Gasteiger partial charge in [-0.1, -0.05) is 19.0 Å². The SMILES string of the molecule is CCn1c(C)cc(C(=O)COC(=O)c2c(C)noc2C(C)C)c1C. The summed E-state index contributed by atoms with van der Waals surface area (Å²) in [5.74, 6) is -0.298. The van der Waals surface area contributed by atoms with Crippen LogP contribution in [0.4, 0.5) is 0 Å². The van der Waals surface area contributed by atoms with Crippen LogP contribution in [0.2, 0.25) is 0 Å². The second-order valence-corrected chi connectivity index (χ2v) is 6.19. The van der Waals surface area contributed by atoms with Gasteiger partial charge in [0, 0.05) is 29.4 Å².